The van der Waals surface area contributed by atoms with Gasteiger partial charge in [0.2, 0.25) is 5.91 Å². The number of hydrogen-bond acceptors (Lipinski definition) is 1. The zero-order valence-electron chi connectivity index (χ0n) is 9.88. The highest BCUT2D eigenvalue weighted by molar-refractivity contribution is 6.32. The largest absolute Gasteiger partial charge is 0.418 e. The average molecular weight is 280 g/mol. The maximum atomic E-state index is 12.7. The minimum absolute atomic E-state index is 0.162. The van der Waals surface area contributed by atoms with Crippen LogP contribution in [-0.2, 0) is 11.0 Å². The van der Waals surface area contributed by atoms with Crippen molar-refractivity contribution in [3.63, 3.8) is 0 Å². The van der Waals surface area contributed by atoms with Gasteiger partial charge in [-0.1, -0.05) is 26.0 Å². The third-order valence-corrected chi connectivity index (χ3v) is 3.03. The molecule has 1 unspecified atom stereocenters. The van der Waals surface area contributed by atoms with Crippen molar-refractivity contribution in [2.45, 2.75) is 25.4 Å². The molecule has 0 saturated carbocycles. The predicted molar refractivity (Wildman–Crippen MR) is 64.6 cm³/mol. The van der Waals surface area contributed by atoms with Gasteiger partial charge >= 0.3 is 6.18 Å². The van der Waals surface area contributed by atoms with Gasteiger partial charge in [0, 0.05) is 0 Å². The van der Waals surface area contributed by atoms with Crippen LogP contribution in [0.2, 0.25) is 0 Å². The summed E-state index contributed by atoms with van der Waals surface area (Å²) in [6.45, 7) is 3.43. The summed E-state index contributed by atoms with van der Waals surface area (Å²) in [5.41, 5.74) is -1.16. The summed E-state index contributed by atoms with van der Waals surface area (Å²) in [7, 11) is 0. The summed E-state index contributed by atoms with van der Waals surface area (Å²) in [6, 6.07) is 4.79. The Kier molecular flexibility index (Phi) is 4.62. The van der Waals surface area contributed by atoms with Crippen LogP contribution >= 0.6 is 11.6 Å². The molecular formula is C12H13ClF3NO. The van der Waals surface area contributed by atoms with Crippen LogP contribution in [0.4, 0.5) is 18.9 Å². The lowest BCUT2D eigenvalue weighted by Gasteiger charge is -2.16. The fourth-order valence-electron chi connectivity index (χ4n) is 1.34. The number of rotatable bonds is 3. The van der Waals surface area contributed by atoms with E-state index in [4.69, 9.17) is 11.6 Å². The molecular weight excluding hydrogens is 267 g/mol. The molecule has 0 bridgehead atoms. The molecule has 0 aromatic heterocycles. The van der Waals surface area contributed by atoms with Crippen molar-refractivity contribution < 1.29 is 18.0 Å². The fourth-order valence-corrected chi connectivity index (χ4v) is 1.40. The third-order valence-electron chi connectivity index (χ3n) is 2.33. The summed E-state index contributed by atoms with van der Waals surface area (Å²) in [5.74, 6) is -0.798. The van der Waals surface area contributed by atoms with Crippen molar-refractivity contribution in [2.75, 3.05) is 5.32 Å². The zero-order chi connectivity index (χ0) is 13.9. The lowest BCUT2D eigenvalue weighted by Crippen LogP contribution is -2.28. The van der Waals surface area contributed by atoms with E-state index in [1.807, 2.05) is 0 Å². The summed E-state index contributed by atoms with van der Waals surface area (Å²) in [4.78, 5) is 11.6. The van der Waals surface area contributed by atoms with E-state index in [0.29, 0.717) is 0 Å². The van der Waals surface area contributed by atoms with Crippen LogP contribution in [0, 0.1) is 5.92 Å². The molecule has 1 rings (SSSR count). The van der Waals surface area contributed by atoms with Gasteiger partial charge in [-0.15, -0.1) is 11.6 Å². The highest BCUT2D eigenvalue weighted by atomic mass is 35.5. The fraction of sp³-hybridized carbons (Fsp3) is 0.417. The number of anilines is 1. The monoisotopic (exact) mass is 279 g/mol. The SMILES string of the molecule is CC(C)C(Cl)C(=O)Nc1ccccc1C(F)(F)F. The summed E-state index contributed by atoms with van der Waals surface area (Å²) in [6.07, 6.45) is -4.51. The van der Waals surface area contributed by atoms with E-state index in [1.54, 1.807) is 13.8 Å². The smallest absolute Gasteiger partial charge is 0.324 e. The van der Waals surface area contributed by atoms with E-state index in [1.165, 1.54) is 18.2 Å². The van der Waals surface area contributed by atoms with Gasteiger partial charge in [-0.05, 0) is 18.1 Å². The first-order valence-corrected chi connectivity index (χ1v) is 5.78. The van der Waals surface area contributed by atoms with Gasteiger partial charge in [-0.2, -0.15) is 13.2 Å². The van der Waals surface area contributed by atoms with E-state index < -0.39 is 23.0 Å². The Labute approximate surface area is 108 Å². The first-order valence-electron chi connectivity index (χ1n) is 5.34. The molecule has 2 nitrogen and oxygen atoms in total. The Morgan fingerprint density at radius 3 is 2.33 bits per heavy atom. The van der Waals surface area contributed by atoms with Gasteiger partial charge in [-0.25, -0.2) is 0 Å². The van der Waals surface area contributed by atoms with Crippen molar-refractivity contribution >= 4 is 23.2 Å². The molecule has 0 fully saturated rings. The Morgan fingerprint density at radius 2 is 1.83 bits per heavy atom. The Bertz CT molecular complexity index is 432. The molecule has 0 aliphatic rings. The van der Waals surface area contributed by atoms with Crippen LogP contribution in [0.1, 0.15) is 19.4 Å². The number of benzene rings is 1. The molecule has 100 valence electrons. The number of hydrogen-bond donors (Lipinski definition) is 1. The second-order valence-corrected chi connectivity index (χ2v) is 4.65. The van der Waals surface area contributed by atoms with Gasteiger partial charge in [0.15, 0.2) is 0 Å². The molecule has 1 aromatic rings. The normalized spacial score (nSPS) is 13.5. The van der Waals surface area contributed by atoms with Crippen LogP contribution in [-0.4, -0.2) is 11.3 Å². The highest BCUT2D eigenvalue weighted by Gasteiger charge is 2.34. The van der Waals surface area contributed by atoms with Crippen LogP contribution in [0.15, 0.2) is 24.3 Å². The molecule has 1 amide bonds. The summed E-state index contributed by atoms with van der Waals surface area (Å²) >= 11 is 5.79. The lowest BCUT2D eigenvalue weighted by atomic mass is 10.1. The highest BCUT2D eigenvalue weighted by Crippen LogP contribution is 2.34. The molecule has 0 spiro atoms. The topological polar surface area (TPSA) is 29.1 Å². The molecule has 1 N–H and O–H groups in total. The van der Waals surface area contributed by atoms with Crippen molar-refractivity contribution in [2.24, 2.45) is 5.92 Å². The summed E-state index contributed by atoms with van der Waals surface area (Å²) < 4.78 is 38.0. The van der Waals surface area contributed by atoms with Crippen molar-refractivity contribution in [1.29, 1.82) is 0 Å². The number of carbonyl (C=O) groups excluding carboxylic acids is 1. The van der Waals surface area contributed by atoms with E-state index in [0.717, 1.165) is 6.07 Å². The number of amides is 1. The number of para-hydroxylation sites is 1. The van der Waals surface area contributed by atoms with Crippen LogP contribution < -0.4 is 5.32 Å². The van der Waals surface area contributed by atoms with Gasteiger partial charge in [-0.3, -0.25) is 4.79 Å². The van der Waals surface area contributed by atoms with Crippen molar-refractivity contribution in [3.05, 3.63) is 29.8 Å². The molecule has 0 radical (unpaired) electrons. The molecule has 1 aromatic carbocycles. The third kappa shape index (κ3) is 3.63. The lowest BCUT2D eigenvalue weighted by molar-refractivity contribution is -0.137. The quantitative estimate of drug-likeness (QED) is 0.835. The predicted octanol–water partition coefficient (Wildman–Crippen LogP) is 3.91. The van der Waals surface area contributed by atoms with E-state index >= 15 is 0 Å². The molecule has 0 saturated heterocycles. The minimum Gasteiger partial charge on any atom is -0.324 e. The first kappa shape index (κ1) is 14.8. The van der Waals surface area contributed by atoms with Crippen LogP contribution in [0.3, 0.4) is 0 Å². The first-order chi connectivity index (χ1) is 8.23. The second-order valence-electron chi connectivity index (χ2n) is 4.18. The second kappa shape index (κ2) is 5.61. The Balaban J connectivity index is 2.95. The van der Waals surface area contributed by atoms with E-state index in [9.17, 15) is 18.0 Å². The van der Waals surface area contributed by atoms with Gasteiger partial charge in [0.05, 0.1) is 11.3 Å². The van der Waals surface area contributed by atoms with E-state index in [2.05, 4.69) is 5.32 Å². The minimum atomic E-state index is -4.51. The molecule has 0 aliphatic carbocycles. The van der Waals surface area contributed by atoms with Crippen LogP contribution in [0.5, 0.6) is 0 Å². The molecule has 18 heavy (non-hydrogen) atoms. The maximum Gasteiger partial charge on any atom is 0.418 e. The average Bonchev–Trinajstić information content (AvgIpc) is 2.27. The van der Waals surface area contributed by atoms with Gasteiger partial charge < -0.3 is 5.32 Å². The molecule has 0 heterocycles. The molecule has 6 heteroatoms. The van der Waals surface area contributed by atoms with Gasteiger partial charge in [0.1, 0.15) is 5.38 Å². The zero-order valence-corrected chi connectivity index (χ0v) is 10.6. The summed E-state index contributed by atoms with van der Waals surface area (Å²) in [5, 5.41) is 1.34. The standard InChI is InChI=1S/C12H13ClF3NO/c1-7(2)10(13)11(18)17-9-6-4-3-5-8(9)12(14,15)16/h3-7,10H,1-2H3,(H,17,18). The number of halogens is 4. The van der Waals surface area contributed by atoms with Crippen molar-refractivity contribution in [3.8, 4) is 0 Å². The number of nitrogens with one attached hydrogen (secondary N) is 1. The Hall–Kier alpha value is -1.23. The number of alkyl halides is 4. The van der Waals surface area contributed by atoms with Gasteiger partial charge in [0.25, 0.3) is 0 Å². The molecule has 1 atom stereocenters. The number of carbonyl (C=O) groups is 1. The Morgan fingerprint density at radius 1 is 1.28 bits per heavy atom. The van der Waals surface area contributed by atoms with E-state index in [-0.39, 0.29) is 11.6 Å². The molecule has 0 aliphatic heterocycles. The van der Waals surface area contributed by atoms with Crippen LogP contribution in [0.25, 0.3) is 0 Å². The van der Waals surface area contributed by atoms with Crippen molar-refractivity contribution in [1.82, 2.24) is 0 Å². The maximum absolute atomic E-state index is 12.7.